The molecule has 1 aliphatic rings. The molecular weight excluding hydrogens is 200 g/mol. The summed E-state index contributed by atoms with van der Waals surface area (Å²) in [7, 11) is 0. The second-order valence-electron chi connectivity index (χ2n) is 3.39. The highest BCUT2D eigenvalue weighted by Crippen LogP contribution is 2.19. The van der Waals surface area contributed by atoms with Crippen molar-refractivity contribution in [3.05, 3.63) is 11.6 Å². The number of nitrogens with one attached hydrogen (secondary N) is 1. The first-order chi connectivity index (χ1) is 7.09. The number of aryl methyl sites for hydroxylation is 1. The molecular formula is C8H10N4O3. The van der Waals surface area contributed by atoms with E-state index < -0.39 is 17.9 Å². The summed E-state index contributed by atoms with van der Waals surface area (Å²) >= 11 is 0. The van der Waals surface area contributed by atoms with Crippen molar-refractivity contribution in [2.45, 2.75) is 19.4 Å². The largest absolute Gasteiger partial charge is 0.480 e. The van der Waals surface area contributed by atoms with Gasteiger partial charge in [-0.25, -0.2) is 9.78 Å². The maximum absolute atomic E-state index is 11.7. The van der Waals surface area contributed by atoms with E-state index in [9.17, 15) is 9.59 Å². The van der Waals surface area contributed by atoms with Crippen LogP contribution in [0.4, 0.5) is 0 Å². The van der Waals surface area contributed by atoms with Crippen LogP contribution in [-0.4, -0.2) is 49.7 Å². The van der Waals surface area contributed by atoms with Crippen molar-refractivity contribution in [1.82, 2.24) is 20.1 Å². The Bertz CT molecular complexity index is 414. The van der Waals surface area contributed by atoms with Crippen LogP contribution >= 0.6 is 0 Å². The van der Waals surface area contributed by atoms with Crippen LogP contribution in [0, 0.1) is 6.92 Å². The number of carboxylic acid groups (broad SMARTS) is 1. The number of aliphatic carboxylic acids is 1. The van der Waals surface area contributed by atoms with Gasteiger partial charge in [-0.3, -0.25) is 9.89 Å². The van der Waals surface area contributed by atoms with Crippen molar-refractivity contribution in [3.63, 3.8) is 0 Å². The Morgan fingerprint density at radius 3 is 2.73 bits per heavy atom. The minimum atomic E-state index is -0.984. The number of H-pyrrole nitrogens is 1. The summed E-state index contributed by atoms with van der Waals surface area (Å²) in [5.74, 6) is -0.857. The molecule has 1 unspecified atom stereocenters. The molecule has 0 spiro atoms. The molecule has 1 saturated heterocycles. The summed E-state index contributed by atoms with van der Waals surface area (Å²) in [6, 6.07) is -0.726. The predicted molar refractivity (Wildman–Crippen MR) is 48.2 cm³/mol. The number of carbonyl (C=O) groups excluding carboxylic acids is 1. The summed E-state index contributed by atoms with van der Waals surface area (Å²) in [5, 5.41) is 15.0. The van der Waals surface area contributed by atoms with Crippen LogP contribution < -0.4 is 0 Å². The third-order valence-corrected chi connectivity index (χ3v) is 2.35. The van der Waals surface area contributed by atoms with Gasteiger partial charge in [0.2, 0.25) is 5.82 Å². The highest BCUT2D eigenvalue weighted by Gasteiger charge is 2.39. The fraction of sp³-hybridized carbons (Fsp3) is 0.500. The Hall–Kier alpha value is -1.92. The average Bonchev–Trinajstić information content (AvgIpc) is 2.48. The highest BCUT2D eigenvalue weighted by molar-refractivity contribution is 5.94. The number of likely N-dealkylation sites (tertiary alicyclic amines) is 1. The van der Waals surface area contributed by atoms with Crippen LogP contribution in [0.15, 0.2) is 0 Å². The van der Waals surface area contributed by atoms with Gasteiger partial charge in [-0.15, -0.1) is 5.10 Å². The minimum Gasteiger partial charge on any atom is -0.480 e. The lowest BCUT2D eigenvalue weighted by Crippen LogP contribution is -2.55. The maximum atomic E-state index is 11.7. The average molecular weight is 210 g/mol. The number of rotatable bonds is 2. The number of hydrogen-bond donors (Lipinski definition) is 2. The number of nitrogens with zero attached hydrogens (tertiary/aromatic N) is 3. The Morgan fingerprint density at radius 1 is 1.60 bits per heavy atom. The van der Waals surface area contributed by atoms with E-state index in [0.717, 1.165) is 0 Å². The summed E-state index contributed by atoms with van der Waals surface area (Å²) in [4.78, 5) is 27.5. The van der Waals surface area contributed by atoms with Gasteiger partial charge < -0.3 is 10.0 Å². The van der Waals surface area contributed by atoms with Gasteiger partial charge >= 0.3 is 5.97 Å². The predicted octanol–water partition coefficient (Wildman–Crippen LogP) is -0.588. The number of carbonyl (C=O) groups is 2. The van der Waals surface area contributed by atoms with Gasteiger partial charge in [0.15, 0.2) is 0 Å². The molecule has 2 N–H and O–H groups in total. The molecule has 80 valence electrons. The van der Waals surface area contributed by atoms with Crippen molar-refractivity contribution in [3.8, 4) is 0 Å². The smallest absolute Gasteiger partial charge is 0.326 e. The number of hydrogen-bond acceptors (Lipinski definition) is 4. The molecule has 1 fully saturated rings. The third kappa shape index (κ3) is 1.56. The first kappa shape index (κ1) is 9.63. The van der Waals surface area contributed by atoms with E-state index in [-0.39, 0.29) is 5.82 Å². The minimum absolute atomic E-state index is 0.0263. The monoisotopic (exact) mass is 210 g/mol. The van der Waals surface area contributed by atoms with Crippen molar-refractivity contribution in [2.24, 2.45) is 0 Å². The van der Waals surface area contributed by atoms with E-state index in [0.29, 0.717) is 18.8 Å². The van der Waals surface area contributed by atoms with Crippen molar-refractivity contribution < 1.29 is 14.7 Å². The Kier molecular flexibility index (Phi) is 2.14. The standard InChI is InChI=1S/C8H10N4O3/c1-4-9-6(11-10-4)7(13)12-3-2-5(12)8(14)15/h5H,2-3H2,1H3,(H,14,15)(H,9,10,11). The van der Waals surface area contributed by atoms with Crippen molar-refractivity contribution in [1.29, 1.82) is 0 Å². The zero-order chi connectivity index (χ0) is 11.0. The molecule has 0 aliphatic carbocycles. The molecule has 1 atom stereocenters. The Balaban J connectivity index is 2.12. The second kappa shape index (κ2) is 3.34. The molecule has 0 bridgehead atoms. The molecule has 0 aromatic carbocycles. The summed E-state index contributed by atoms with van der Waals surface area (Å²) < 4.78 is 0. The van der Waals surface area contributed by atoms with Crippen LogP contribution in [-0.2, 0) is 4.79 Å². The number of carboxylic acids is 1. The van der Waals surface area contributed by atoms with Gasteiger partial charge in [0, 0.05) is 6.54 Å². The lowest BCUT2D eigenvalue weighted by Gasteiger charge is -2.36. The molecule has 15 heavy (non-hydrogen) atoms. The first-order valence-electron chi connectivity index (χ1n) is 4.52. The molecule has 1 aromatic heterocycles. The molecule has 2 rings (SSSR count). The lowest BCUT2D eigenvalue weighted by molar-refractivity contribution is -0.146. The molecule has 1 aliphatic heterocycles. The van der Waals surface area contributed by atoms with Gasteiger partial charge in [0.1, 0.15) is 11.9 Å². The molecule has 0 saturated carbocycles. The van der Waals surface area contributed by atoms with Gasteiger partial charge in [0.05, 0.1) is 0 Å². The van der Waals surface area contributed by atoms with E-state index in [1.54, 1.807) is 6.92 Å². The summed E-state index contributed by atoms with van der Waals surface area (Å²) in [6.45, 7) is 2.12. The van der Waals surface area contributed by atoms with Gasteiger partial charge in [-0.1, -0.05) is 0 Å². The molecule has 2 heterocycles. The van der Waals surface area contributed by atoms with Crippen molar-refractivity contribution in [2.75, 3.05) is 6.54 Å². The maximum Gasteiger partial charge on any atom is 0.326 e. The van der Waals surface area contributed by atoms with E-state index in [2.05, 4.69) is 15.2 Å². The third-order valence-electron chi connectivity index (χ3n) is 2.35. The van der Waals surface area contributed by atoms with E-state index >= 15 is 0 Å². The van der Waals surface area contributed by atoms with E-state index in [1.807, 2.05) is 0 Å². The summed E-state index contributed by atoms with van der Waals surface area (Å²) in [6.07, 6.45) is 0.491. The van der Waals surface area contributed by atoms with Gasteiger partial charge in [-0.2, -0.15) is 0 Å². The SMILES string of the molecule is Cc1nc(C(=O)N2CCC2C(=O)O)n[nH]1. The van der Waals surface area contributed by atoms with Crippen LogP contribution in [0.25, 0.3) is 0 Å². The molecule has 1 aromatic rings. The molecule has 7 nitrogen and oxygen atoms in total. The second-order valence-corrected chi connectivity index (χ2v) is 3.39. The quantitative estimate of drug-likeness (QED) is 0.679. The normalized spacial score (nSPS) is 19.8. The first-order valence-corrected chi connectivity index (χ1v) is 4.52. The van der Waals surface area contributed by atoms with Crippen LogP contribution in [0.5, 0.6) is 0 Å². The fourth-order valence-electron chi connectivity index (χ4n) is 1.45. The molecule has 7 heteroatoms. The number of aromatic amines is 1. The van der Waals surface area contributed by atoms with Crippen LogP contribution in [0.1, 0.15) is 22.9 Å². The Morgan fingerprint density at radius 2 is 2.33 bits per heavy atom. The summed E-state index contributed by atoms with van der Waals surface area (Å²) in [5.41, 5.74) is 0. The molecule has 1 amide bonds. The molecule has 0 radical (unpaired) electrons. The Labute approximate surface area is 85.1 Å². The van der Waals surface area contributed by atoms with E-state index in [4.69, 9.17) is 5.11 Å². The van der Waals surface area contributed by atoms with Gasteiger partial charge in [0.25, 0.3) is 5.91 Å². The van der Waals surface area contributed by atoms with Gasteiger partial charge in [-0.05, 0) is 13.3 Å². The van der Waals surface area contributed by atoms with E-state index in [1.165, 1.54) is 4.90 Å². The highest BCUT2D eigenvalue weighted by atomic mass is 16.4. The van der Waals surface area contributed by atoms with Crippen molar-refractivity contribution >= 4 is 11.9 Å². The van der Waals surface area contributed by atoms with Crippen LogP contribution in [0.2, 0.25) is 0 Å². The zero-order valence-electron chi connectivity index (χ0n) is 8.10. The number of amides is 1. The topological polar surface area (TPSA) is 99.2 Å². The lowest BCUT2D eigenvalue weighted by atomic mass is 10.0. The fourth-order valence-corrected chi connectivity index (χ4v) is 1.45. The zero-order valence-corrected chi connectivity index (χ0v) is 8.10. The van der Waals surface area contributed by atoms with Crippen LogP contribution in [0.3, 0.4) is 0 Å². The number of aromatic nitrogens is 3.